The summed E-state index contributed by atoms with van der Waals surface area (Å²) in [5.41, 5.74) is -0.736. The Labute approximate surface area is 111 Å². The molecule has 0 radical (unpaired) electrons. The van der Waals surface area contributed by atoms with Crippen LogP contribution >= 0.6 is 0 Å². The van der Waals surface area contributed by atoms with E-state index in [1.54, 1.807) is 44.2 Å². The Kier molecular flexibility index (Phi) is 3.38. The maximum absolute atomic E-state index is 12.1. The number of Topliss-reactive ketones (excluding diaryl/α,β-unsaturated/α-hetero) is 1. The average Bonchev–Trinajstić information content (AvgIpc) is 2.63. The molecule has 5 nitrogen and oxygen atoms in total. The predicted octanol–water partition coefficient (Wildman–Crippen LogP) is 1.31. The molecule has 1 saturated heterocycles. The fraction of sp³-hybridized carbons (Fsp3) is 0.357. The first-order valence-corrected chi connectivity index (χ1v) is 6.10. The molecule has 1 unspecified atom stereocenters. The zero-order chi connectivity index (χ0) is 14.0. The van der Waals surface area contributed by atoms with Gasteiger partial charge in [-0.3, -0.25) is 14.5 Å². The van der Waals surface area contributed by atoms with Crippen molar-refractivity contribution >= 4 is 23.3 Å². The number of nitrogens with zero attached hydrogens (tertiary/aromatic N) is 1. The van der Waals surface area contributed by atoms with Gasteiger partial charge in [-0.05, 0) is 26.0 Å². The number of hydrogen-bond acceptors (Lipinski definition) is 4. The van der Waals surface area contributed by atoms with Crippen LogP contribution in [0.25, 0.3) is 0 Å². The van der Waals surface area contributed by atoms with E-state index in [4.69, 9.17) is 4.74 Å². The van der Waals surface area contributed by atoms with Gasteiger partial charge in [-0.2, -0.15) is 0 Å². The first-order valence-electron chi connectivity index (χ1n) is 6.10. The van der Waals surface area contributed by atoms with E-state index in [0.717, 1.165) is 0 Å². The van der Waals surface area contributed by atoms with Crippen LogP contribution in [0.1, 0.15) is 20.3 Å². The minimum Gasteiger partial charge on any atom is -0.464 e. The van der Waals surface area contributed by atoms with Gasteiger partial charge in [0.25, 0.3) is 5.91 Å². The highest BCUT2D eigenvalue weighted by atomic mass is 16.5. The lowest BCUT2D eigenvalue weighted by atomic mass is 9.98. The smallest absolute Gasteiger partial charge is 0.332 e. The Morgan fingerprint density at radius 3 is 2.53 bits per heavy atom. The normalized spacial score (nSPS) is 22.7. The first-order chi connectivity index (χ1) is 9.00. The third-order valence-corrected chi connectivity index (χ3v) is 3.17. The number of esters is 1. The molecule has 1 aromatic rings. The monoisotopic (exact) mass is 261 g/mol. The summed E-state index contributed by atoms with van der Waals surface area (Å²) in [6.07, 6.45) is -0.153. The molecule has 0 N–H and O–H groups in total. The largest absolute Gasteiger partial charge is 0.464 e. The van der Waals surface area contributed by atoms with Gasteiger partial charge in [-0.1, -0.05) is 18.2 Å². The highest BCUT2D eigenvalue weighted by molar-refractivity contribution is 6.46. The van der Waals surface area contributed by atoms with Crippen LogP contribution in [0.5, 0.6) is 0 Å². The van der Waals surface area contributed by atoms with Gasteiger partial charge in [-0.25, -0.2) is 4.79 Å². The van der Waals surface area contributed by atoms with Crippen LogP contribution in [0.2, 0.25) is 0 Å². The first kappa shape index (κ1) is 13.3. The number of ether oxygens (including phenoxy) is 1. The van der Waals surface area contributed by atoms with Crippen LogP contribution < -0.4 is 4.90 Å². The predicted molar refractivity (Wildman–Crippen MR) is 68.6 cm³/mol. The number of hydrogen-bond donors (Lipinski definition) is 0. The van der Waals surface area contributed by atoms with Crippen molar-refractivity contribution in [1.29, 1.82) is 0 Å². The topological polar surface area (TPSA) is 63.7 Å². The molecule has 1 aliphatic heterocycles. The van der Waals surface area contributed by atoms with Crippen LogP contribution in [0, 0.1) is 0 Å². The van der Waals surface area contributed by atoms with Crippen molar-refractivity contribution in [2.24, 2.45) is 0 Å². The summed E-state index contributed by atoms with van der Waals surface area (Å²) in [5, 5.41) is 0. The SMILES string of the molecule is CCOC(=O)C1(C)CC(=O)C(=O)N1c1ccccc1. The molecule has 100 valence electrons. The molecule has 1 aromatic carbocycles. The van der Waals surface area contributed by atoms with Crippen molar-refractivity contribution < 1.29 is 19.1 Å². The third kappa shape index (κ3) is 2.12. The Morgan fingerprint density at radius 2 is 1.95 bits per heavy atom. The second-order valence-corrected chi connectivity index (χ2v) is 4.57. The molecule has 1 atom stereocenters. The van der Waals surface area contributed by atoms with Crippen LogP contribution in [0.4, 0.5) is 5.69 Å². The van der Waals surface area contributed by atoms with Crippen molar-refractivity contribution in [3.05, 3.63) is 30.3 Å². The number of amides is 1. The summed E-state index contributed by atoms with van der Waals surface area (Å²) >= 11 is 0. The lowest BCUT2D eigenvalue weighted by Gasteiger charge is -2.31. The van der Waals surface area contributed by atoms with E-state index in [-0.39, 0.29) is 13.0 Å². The lowest BCUT2D eigenvalue weighted by molar-refractivity contribution is -0.149. The molecule has 2 rings (SSSR count). The molecule has 19 heavy (non-hydrogen) atoms. The van der Waals surface area contributed by atoms with Crippen molar-refractivity contribution in [3.8, 4) is 0 Å². The second kappa shape index (κ2) is 4.84. The molecule has 0 aliphatic carbocycles. The van der Waals surface area contributed by atoms with E-state index >= 15 is 0 Å². The highest BCUT2D eigenvalue weighted by Gasteiger charge is 2.54. The Bertz CT molecular complexity index is 526. The Hall–Kier alpha value is -2.17. The second-order valence-electron chi connectivity index (χ2n) is 4.57. The Morgan fingerprint density at radius 1 is 1.32 bits per heavy atom. The van der Waals surface area contributed by atoms with Gasteiger partial charge in [0.05, 0.1) is 13.0 Å². The lowest BCUT2D eigenvalue weighted by Crippen LogP contribution is -2.50. The standard InChI is InChI=1S/C14H15NO4/c1-3-19-13(18)14(2)9-11(16)12(17)15(14)10-7-5-4-6-8-10/h4-8H,3,9H2,1-2H3. The van der Waals surface area contributed by atoms with E-state index in [2.05, 4.69) is 0 Å². The molecule has 1 fully saturated rings. The number of anilines is 1. The van der Waals surface area contributed by atoms with Crippen molar-refractivity contribution in [2.45, 2.75) is 25.8 Å². The maximum atomic E-state index is 12.1. The molecule has 1 heterocycles. The molecule has 0 spiro atoms. The van der Waals surface area contributed by atoms with Crippen LogP contribution in [-0.2, 0) is 19.1 Å². The van der Waals surface area contributed by atoms with Gasteiger partial charge in [0.1, 0.15) is 5.54 Å². The highest BCUT2D eigenvalue weighted by Crippen LogP contribution is 2.34. The molecular weight excluding hydrogens is 246 g/mol. The summed E-state index contributed by atoms with van der Waals surface area (Å²) in [7, 11) is 0. The third-order valence-electron chi connectivity index (χ3n) is 3.17. The molecule has 5 heteroatoms. The van der Waals surface area contributed by atoms with E-state index in [1.165, 1.54) is 4.90 Å². The molecule has 0 saturated carbocycles. The summed E-state index contributed by atoms with van der Waals surface area (Å²) in [4.78, 5) is 37.0. The zero-order valence-electron chi connectivity index (χ0n) is 10.9. The average molecular weight is 261 g/mol. The quantitative estimate of drug-likeness (QED) is 0.608. The van der Waals surface area contributed by atoms with Crippen LogP contribution in [0.3, 0.4) is 0 Å². The number of benzene rings is 1. The molecule has 1 amide bonds. The van der Waals surface area contributed by atoms with Crippen LogP contribution in [0.15, 0.2) is 30.3 Å². The Balaban J connectivity index is 2.45. The van der Waals surface area contributed by atoms with Gasteiger partial charge >= 0.3 is 5.97 Å². The maximum Gasteiger partial charge on any atom is 0.332 e. The van der Waals surface area contributed by atoms with Gasteiger partial charge < -0.3 is 4.74 Å². The van der Waals surface area contributed by atoms with E-state index in [0.29, 0.717) is 5.69 Å². The van der Waals surface area contributed by atoms with Gasteiger partial charge in [-0.15, -0.1) is 0 Å². The number of carbonyl (C=O) groups is 3. The van der Waals surface area contributed by atoms with Crippen molar-refractivity contribution in [1.82, 2.24) is 0 Å². The minimum absolute atomic E-state index is 0.153. The zero-order valence-corrected chi connectivity index (χ0v) is 10.9. The van der Waals surface area contributed by atoms with E-state index in [9.17, 15) is 14.4 Å². The minimum atomic E-state index is -1.26. The molecule has 0 aromatic heterocycles. The van der Waals surface area contributed by atoms with E-state index < -0.39 is 23.2 Å². The summed E-state index contributed by atoms with van der Waals surface area (Å²) in [6, 6.07) is 8.67. The number of para-hydroxylation sites is 1. The fourth-order valence-electron chi connectivity index (χ4n) is 2.25. The number of rotatable bonds is 3. The van der Waals surface area contributed by atoms with Gasteiger partial charge in [0.2, 0.25) is 5.78 Å². The molecule has 0 bridgehead atoms. The van der Waals surface area contributed by atoms with E-state index in [1.807, 2.05) is 0 Å². The van der Waals surface area contributed by atoms with Crippen molar-refractivity contribution in [3.63, 3.8) is 0 Å². The van der Waals surface area contributed by atoms with Gasteiger partial charge in [0, 0.05) is 5.69 Å². The van der Waals surface area contributed by atoms with Gasteiger partial charge in [0.15, 0.2) is 0 Å². The number of ketones is 1. The summed E-state index contributed by atoms with van der Waals surface area (Å²) < 4.78 is 4.99. The van der Waals surface area contributed by atoms with Crippen LogP contribution in [-0.4, -0.2) is 29.8 Å². The summed E-state index contributed by atoms with van der Waals surface area (Å²) in [6.45, 7) is 3.45. The summed E-state index contributed by atoms with van der Waals surface area (Å²) in [5.74, 6) is -1.79. The fourth-order valence-corrected chi connectivity index (χ4v) is 2.25. The van der Waals surface area contributed by atoms with Crippen molar-refractivity contribution in [2.75, 3.05) is 11.5 Å². The molecular formula is C14H15NO4. The molecule has 1 aliphatic rings. The number of carbonyl (C=O) groups excluding carboxylic acids is 3.